The first-order valence-electron chi connectivity index (χ1n) is 6.37. The quantitative estimate of drug-likeness (QED) is 0.789. The van der Waals surface area contributed by atoms with E-state index < -0.39 is 0 Å². The van der Waals surface area contributed by atoms with Gasteiger partial charge in [-0.2, -0.15) is 11.8 Å². The smallest absolute Gasteiger partial charge is 0.119 e. The van der Waals surface area contributed by atoms with Crippen LogP contribution in [0.2, 0.25) is 0 Å². The molecule has 1 aromatic rings. The molecule has 17 heavy (non-hydrogen) atoms. The van der Waals surface area contributed by atoms with E-state index in [4.69, 9.17) is 10.5 Å². The van der Waals surface area contributed by atoms with E-state index in [0.29, 0.717) is 4.75 Å². The fraction of sp³-hybridized carbons (Fsp3) is 0.571. The van der Waals surface area contributed by atoms with Crippen LogP contribution in [0.25, 0.3) is 0 Å². The molecule has 1 saturated heterocycles. The molecule has 3 heteroatoms. The Morgan fingerprint density at radius 1 is 1.29 bits per heavy atom. The average molecular weight is 251 g/mol. The van der Waals surface area contributed by atoms with Crippen molar-refractivity contribution < 1.29 is 4.74 Å². The summed E-state index contributed by atoms with van der Waals surface area (Å²) in [4.78, 5) is 0. The molecule has 1 aromatic carbocycles. The van der Waals surface area contributed by atoms with Crippen molar-refractivity contribution in [2.24, 2.45) is 5.73 Å². The van der Waals surface area contributed by atoms with Gasteiger partial charge >= 0.3 is 0 Å². The third-order valence-electron chi connectivity index (χ3n) is 3.35. The summed E-state index contributed by atoms with van der Waals surface area (Å²) in [5.74, 6) is 2.24. The lowest BCUT2D eigenvalue weighted by atomic mass is 9.98. The van der Waals surface area contributed by atoms with E-state index in [1.807, 2.05) is 30.3 Å². The third-order valence-corrected chi connectivity index (χ3v) is 5.03. The van der Waals surface area contributed by atoms with Crippen LogP contribution in [0.1, 0.15) is 25.7 Å². The SMILES string of the molecule is NCC1(CCCOc2ccccc2)CCCS1. The number of para-hydroxylation sites is 1. The van der Waals surface area contributed by atoms with Crippen LogP contribution in [-0.4, -0.2) is 23.7 Å². The minimum atomic E-state index is 0.347. The Kier molecular flexibility index (Phi) is 4.75. The lowest BCUT2D eigenvalue weighted by Gasteiger charge is -2.26. The molecule has 1 aliphatic rings. The zero-order valence-corrected chi connectivity index (χ0v) is 11.0. The van der Waals surface area contributed by atoms with Crippen LogP contribution in [0.5, 0.6) is 5.75 Å². The van der Waals surface area contributed by atoms with Crippen LogP contribution < -0.4 is 10.5 Å². The number of thioether (sulfide) groups is 1. The first-order chi connectivity index (χ1) is 8.35. The van der Waals surface area contributed by atoms with Crippen molar-refractivity contribution in [2.45, 2.75) is 30.4 Å². The van der Waals surface area contributed by atoms with Gasteiger partial charge in [-0.1, -0.05) is 18.2 Å². The summed E-state index contributed by atoms with van der Waals surface area (Å²) in [7, 11) is 0. The highest BCUT2D eigenvalue weighted by Crippen LogP contribution is 2.40. The molecule has 1 heterocycles. The molecule has 2 rings (SSSR count). The van der Waals surface area contributed by atoms with Gasteiger partial charge < -0.3 is 10.5 Å². The fourth-order valence-corrected chi connectivity index (χ4v) is 3.73. The number of rotatable bonds is 6. The van der Waals surface area contributed by atoms with Crippen molar-refractivity contribution in [3.8, 4) is 5.75 Å². The van der Waals surface area contributed by atoms with Crippen molar-refractivity contribution in [1.82, 2.24) is 0 Å². The van der Waals surface area contributed by atoms with Gasteiger partial charge in [0.2, 0.25) is 0 Å². The molecule has 0 bridgehead atoms. The van der Waals surface area contributed by atoms with Crippen molar-refractivity contribution in [2.75, 3.05) is 18.9 Å². The van der Waals surface area contributed by atoms with Gasteiger partial charge in [-0.05, 0) is 43.6 Å². The first kappa shape index (κ1) is 12.8. The van der Waals surface area contributed by atoms with E-state index in [9.17, 15) is 0 Å². The average Bonchev–Trinajstić information content (AvgIpc) is 2.85. The molecule has 94 valence electrons. The fourth-order valence-electron chi connectivity index (χ4n) is 2.32. The van der Waals surface area contributed by atoms with E-state index >= 15 is 0 Å². The molecule has 0 radical (unpaired) electrons. The zero-order chi connectivity index (χ0) is 12.0. The Bertz CT molecular complexity index is 322. The summed E-state index contributed by atoms with van der Waals surface area (Å²) in [5.41, 5.74) is 5.90. The summed E-state index contributed by atoms with van der Waals surface area (Å²) in [6.07, 6.45) is 4.88. The summed E-state index contributed by atoms with van der Waals surface area (Å²) in [6.45, 7) is 1.61. The predicted octanol–water partition coefficient (Wildman–Crippen LogP) is 3.07. The molecule has 0 amide bonds. The van der Waals surface area contributed by atoms with Crippen LogP contribution in [-0.2, 0) is 0 Å². The van der Waals surface area contributed by atoms with E-state index in [1.54, 1.807) is 0 Å². The van der Waals surface area contributed by atoms with Gasteiger partial charge in [0.15, 0.2) is 0 Å². The molecule has 0 spiro atoms. The summed E-state index contributed by atoms with van der Waals surface area (Å²) in [6, 6.07) is 10.0. The van der Waals surface area contributed by atoms with Crippen molar-refractivity contribution >= 4 is 11.8 Å². The number of hydrogen-bond acceptors (Lipinski definition) is 3. The van der Waals surface area contributed by atoms with Gasteiger partial charge in [0.25, 0.3) is 0 Å². The van der Waals surface area contributed by atoms with Gasteiger partial charge in [-0.25, -0.2) is 0 Å². The number of nitrogens with two attached hydrogens (primary N) is 1. The Hall–Kier alpha value is -0.670. The van der Waals surface area contributed by atoms with E-state index in [0.717, 1.165) is 25.3 Å². The molecule has 2 nitrogen and oxygen atoms in total. The van der Waals surface area contributed by atoms with Crippen LogP contribution in [0, 0.1) is 0 Å². The Morgan fingerprint density at radius 3 is 2.76 bits per heavy atom. The lowest BCUT2D eigenvalue weighted by Crippen LogP contribution is -2.32. The minimum Gasteiger partial charge on any atom is -0.494 e. The van der Waals surface area contributed by atoms with Crippen LogP contribution in [0.15, 0.2) is 30.3 Å². The van der Waals surface area contributed by atoms with Crippen LogP contribution in [0.3, 0.4) is 0 Å². The highest BCUT2D eigenvalue weighted by molar-refractivity contribution is 8.00. The van der Waals surface area contributed by atoms with Gasteiger partial charge in [0, 0.05) is 11.3 Å². The topological polar surface area (TPSA) is 35.2 Å². The molecule has 0 saturated carbocycles. The summed E-state index contributed by atoms with van der Waals surface area (Å²) < 4.78 is 6.05. The lowest BCUT2D eigenvalue weighted by molar-refractivity contribution is 0.297. The summed E-state index contributed by atoms with van der Waals surface area (Å²) >= 11 is 2.06. The largest absolute Gasteiger partial charge is 0.494 e. The van der Waals surface area contributed by atoms with E-state index in [2.05, 4.69) is 11.8 Å². The van der Waals surface area contributed by atoms with Crippen molar-refractivity contribution in [3.05, 3.63) is 30.3 Å². The number of hydrogen-bond donors (Lipinski definition) is 1. The molecule has 1 unspecified atom stereocenters. The predicted molar refractivity (Wildman–Crippen MR) is 74.6 cm³/mol. The molecular formula is C14H21NOS. The minimum absolute atomic E-state index is 0.347. The van der Waals surface area contributed by atoms with E-state index in [1.165, 1.54) is 25.0 Å². The molecule has 2 N–H and O–H groups in total. The van der Waals surface area contributed by atoms with Crippen LogP contribution in [0.4, 0.5) is 0 Å². The van der Waals surface area contributed by atoms with Gasteiger partial charge in [-0.15, -0.1) is 0 Å². The second-order valence-corrected chi connectivity index (χ2v) is 6.17. The maximum Gasteiger partial charge on any atom is 0.119 e. The second-order valence-electron chi connectivity index (χ2n) is 4.60. The number of benzene rings is 1. The van der Waals surface area contributed by atoms with Crippen molar-refractivity contribution in [3.63, 3.8) is 0 Å². The third kappa shape index (κ3) is 3.65. The van der Waals surface area contributed by atoms with E-state index in [-0.39, 0.29) is 0 Å². The Balaban J connectivity index is 1.69. The highest BCUT2D eigenvalue weighted by atomic mass is 32.2. The molecule has 1 atom stereocenters. The first-order valence-corrected chi connectivity index (χ1v) is 7.35. The highest BCUT2D eigenvalue weighted by Gasteiger charge is 2.32. The Labute approximate surface area is 108 Å². The normalized spacial score (nSPS) is 23.8. The molecule has 1 aliphatic heterocycles. The van der Waals surface area contributed by atoms with Crippen molar-refractivity contribution in [1.29, 1.82) is 0 Å². The van der Waals surface area contributed by atoms with Gasteiger partial charge in [-0.3, -0.25) is 0 Å². The van der Waals surface area contributed by atoms with Gasteiger partial charge in [0.05, 0.1) is 6.61 Å². The number of ether oxygens (including phenoxy) is 1. The molecule has 0 aromatic heterocycles. The second kappa shape index (κ2) is 6.31. The Morgan fingerprint density at radius 2 is 2.12 bits per heavy atom. The molecule has 0 aliphatic carbocycles. The maximum atomic E-state index is 5.90. The monoisotopic (exact) mass is 251 g/mol. The maximum absolute atomic E-state index is 5.90. The molecular weight excluding hydrogens is 230 g/mol. The standard InChI is InChI=1S/C14H21NOS/c15-12-14(9-5-11-17-14)8-4-10-16-13-6-2-1-3-7-13/h1-3,6-7H,4-5,8-12,15H2. The summed E-state index contributed by atoms with van der Waals surface area (Å²) in [5, 5.41) is 0. The van der Waals surface area contributed by atoms with Gasteiger partial charge in [0.1, 0.15) is 5.75 Å². The van der Waals surface area contributed by atoms with Crippen LogP contribution >= 0.6 is 11.8 Å². The zero-order valence-electron chi connectivity index (χ0n) is 10.2. The molecule has 1 fully saturated rings.